The first-order valence-corrected chi connectivity index (χ1v) is 8.70. The van der Waals surface area contributed by atoms with Gasteiger partial charge in [-0.2, -0.15) is 0 Å². The Labute approximate surface area is 148 Å². The predicted octanol–water partition coefficient (Wildman–Crippen LogP) is 3.50. The fourth-order valence-electron chi connectivity index (χ4n) is 3.12. The predicted molar refractivity (Wildman–Crippen MR) is 96.8 cm³/mol. The molecule has 1 fully saturated rings. The minimum Gasteiger partial charge on any atom is -0.484 e. The molecule has 1 unspecified atom stereocenters. The number of benzene rings is 2. The van der Waals surface area contributed by atoms with Crippen molar-refractivity contribution < 1.29 is 14.3 Å². The zero-order valence-electron chi connectivity index (χ0n) is 14.5. The number of para-hydroxylation sites is 1. The third kappa shape index (κ3) is 4.47. The number of rotatable bonds is 5. The molecule has 0 aliphatic carbocycles. The lowest BCUT2D eigenvalue weighted by molar-refractivity contribution is -0.134. The maximum absolute atomic E-state index is 12.7. The van der Waals surface area contributed by atoms with Gasteiger partial charge >= 0.3 is 0 Å². The van der Waals surface area contributed by atoms with E-state index in [1.165, 1.54) is 0 Å². The van der Waals surface area contributed by atoms with E-state index in [-0.39, 0.29) is 24.2 Å². The molecule has 0 N–H and O–H groups in total. The van der Waals surface area contributed by atoms with Gasteiger partial charge < -0.3 is 9.64 Å². The largest absolute Gasteiger partial charge is 0.484 e. The van der Waals surface area contributed by atoms with Crippen molar-refractivity contribution in [1.82, 2.24) is 4.90 Å². The molecule has 1 amide bonds. The molecule has 1 atom stereocenters. The van der Waals surface area contributed by atoms with Gasteiger partial charge in [0.1, 0.15) is 5.75 Å². The summed E-state index contributed by atoms with van der Waals surface area (Å²) >= 11 is 0. The average Bonchev–Trinajstić information content (AvgIpc) is 2.67. The summed E-state index contributed by atoms with van der Waals surface area (Å²) in [7, 11) is 0. The number of nitrogens with zero attached hydrogens (tertiary/aromatic N) is 1. The molecule has 0 bridgehead atoms. The van der Waals surface area contributed by atoms with Crippen LogP contribution in [0.1, 0.15) is 28.8 Å². The summed E-state index contributed by atoms with van der Waals surface area (Å²) in [4.78, 5) is 26.9. The van der Waals surface area contributed by atoms with E-state index in [0.29, 0.717) is 18.8 Å². The van der Waals surface area contributed by atoms with Crippen LogP contribution in [0.2, 0.25) is 0 Å². The fraction of sp³-hybridized carbons (Fsp3) is 0.333. The van der Waals surface area contributed by atoms with E-state index >= 15 is 0 Å². The second kappa shape index (κ2) is 7.97. The number of aryl methyl sites for hydroxylation is 1. The maximum Gasteiger partial charge on any atom is 0.260 e. The number of hydrogen-bond donors (Lipinski definition) is 0. The van der Waals surface area contributed by atoms with Crippen LogP contribution in [0.4, 0.5) is 0 Å². The van der Waals surface area contributed by atoms with Crippen LogP contribution < -0.4 is 4.74 Å². The first kappa shape index (κ1) is 17.2. The molecule has 4 nitrogen and oxygen atoms in total. The Morgan fingerprint density at radius 2 is 1.80 bits per heavy atom. The summed E-state index contributed by atoms with van der Waals surface area (Å²) in [5.41, 5.74) is 1.86. The fourth-order valence-corrected chi connectivity index (χ4v) is 3.12. The highest BCUT2D eigenvalue weighted by Crippen LogP contribution is 2.21. The highest BCUT2D eigenvalue weighted by molar-refractivity contribution is 5.98. The first-order valence-electron chi connectivity index (χ1n) is 8.70. The lowest BCUT2D eigenvalue weighted by atomic mass is 9.89. The standard InChI is InChI=1S/C21H23NO3/c1-16-9-11-17(12-10-16)21(24)18-6-5-13-22(14-18)20(23)15-25-19-7-3-2-4-8-19/h2-4,7-12,18H,5-6,13-15H2,1H3. The van der Waals surface area contributed by atoms with E-state index in [0.717, 1.165) is 24.0 Å². The summed E-state index contributed by atoms with van der Waals surface area (Å²) in [6, 6.07) is 16.9. The number of hydrogen-bond acceptors (Lipinski definition) is 3. The summed E-state index contributed by atoms with van der Waals surface area (Å²) in [6.07, 6.45) is 1.68. The van der Waals surface area contributed by atoms with Gasteiger partial charge in [0.05, 0.1) is 0 Å². The molecule has 0 radical (unpaired) electrons. The average molecular weight is 337 g/mol. The number of carbonyl (C=O) groups is 2. The lowest BCUT2D eigenvalue weighted by Crippen LogP contribution is -2.44. The Balaban J connectivity index is 1.57. The van der Waals surface area contributed by atoms with Crippen LogP contribution in [0.5, 0.6) is 5.75 Å². The highest BCUT2D eigenvalue weighted by atomic mass is 16.5. The van der Waals surface area contributed by atoms with E-state index in [1.807, 2.05) is 61.5 Å². The number of amides is 1. The van der Waals surface area contributed by atoms with Crippen LogP contribution in [0.25, 0.3) is 0 Å². The zero-order chi connectivity index (χ0) is 17.6. The number of ether oxygens (including phenoxy) is 1. The van der Waals surface area contributed by atoms with Crippen LogP contribution in [0.3, 0.4) is 0 Å². The Bertz CT molecular complexity index is 725. The van der Waals surface area contributed by atoms with Crippen molar-refractivity contribution in [3.05, 3.63) is 65.7 Å². The van der Waals surface area contributed by atoms with E-state index in [9.17, 15) is 9.59 Å². The molecule has 25 heavy (non-hydrogen) atoms. The number of ketones is 1. The second-order valence-corrected chi connectivity index (χ2v) is 6.51. The molecule has 2 aromatic carbocycles. The van der Waals surface area contributed by atoms with Crippen LogP contribution in [0, 0.1) is 12.8 Å². The van der Waals surface area contributed by atoms with Gasteiger partial charge in [0.25, 0.3) is 5.91 Å². The van der Waals surface area contributed by atoms with Gasteiger partial charge in [-0.15, -0.1) is 0 Å². The van der Waals surface area contributed by atoms with Gasteiger partial charge in [0, 0.05) is 24.6 Å². The van der Waals surface area contributed by atoms with Crippen molar-refractivity contribution in [2.75, 3.05) is 19.7 Å². The smallest absolute Gasteiger partial charge is 0.260 e. The van der Waals surface area contributed by atoms with Crippen molar-refractivity contribution in [2.45, 2.75) is 19.8 Å². The minimum atomic E-state index is -0.128. The first-order chi connectivity index (χ1) is 12.1. The second-order valence-electron chi connectivity index (χ2n) is 6.51. The molecule has 2 aromatic rings. The molecular weight excluding hydrogens is 314 g/mol. The van der Waals surface area contributed by atoms with Crippen LogP contribution in [-0.2, 0) is 4.79 Å². The number of carbonyl (C=O) groups excluding carboxylic acids is 2. The summed E-state index contributed by atoms with van der Waals surface area (Å²) in [5, 5.41) is 0. The van der Waals surface area contributed by atoms with Gasteiger partial charge in [-0.25, -0.2) is 0 Å². The molecule has 0 aromatic heterocycles. The Morgan fingerprint density at radius 3 is 2.52 bits per heavy atom. The number of likely N-dealkylation sites (tertiary alicyclic amines) is 1. The maximum atomic E-state index is 12.7. The molecule has 1 saturated heterocycles. The van der Waals surface area contributed by atoms with Crippen molar-refractivity contribution in [3.63, 3.8) is 0 Å². The third-order valence-electron chi connectivity index (χ3n) is 4.59. The Hall–Kier alpha value is -2.62. The van der Waals surface area contributed by atoms with Gasteiger partial charge in [-0.1, -0.05) is 48.0 Å². The number of Topliss-reactive ketones (excluding diaryl/α,β-unsaturated/α-hetero) is 1. The molecule has 4 heteroatoms. The van der Waals surface area contributed by atoms with E-state index in [4.69, 9.17) is 4.74 Å². The monoisotopic (exact) mass is 337 g/mol. The Morgan fingerprint density at radius 1 is 1.08 bits per heavy atom. The summed E-state index contributed by atoms with van der Waals surface area (Å²) < 4.78 is 5.54. The van der Waals surface area contributed by atoms with Crippen LogP contribution in [0.15, 0.2) is 54.6 Å². The minimum absolute atomic E-state index is 0.00938. The van der Waals surface area contributed by atoms with Crippen LogP contribution in [-0.4, -0.2) is 36.3 Å². The molecule has 3 rings (SSSR count). The molecular formula is C21H23NO3. The van der Waals surface area contributed by atoms with Crippen molar-refractivity contribution in [3.8, 4) is 5.75 Å². The topological polar surface area (TPSA) is 46.6 Å². The molecule has 1 aliphatic heterocycles. The van der Waals surface area contributed by atoms with E-state index < -0.39 is 0 Å². The van der Waals surface area contributed by atoms with Gasteiger partial charge in [0.15, 0.2) is 12.4 Å². The van der Waals surface area contributed by atoms with Gasteiger partial charge in [0.2, 0.25) is 0 Å². The van der Waals surface area contributed by atoms with Crippen molar-refractivity contribution in [2.24, 2.45) is 5.92 Å². The van der Waals surface area contributed by atoms with Gasteiger partial charge in [-0.3, -0.25) is 9.59 Å². The van der Waals surface area contributed by atoms with Crippen LogP contribution >= 0.6 is 0 Å². The third-order valence-corrected chi connectivity index (χ3v) is 4.59. The molecule has 0 saturated carbocycles. The molecule has 130 valence electrons. The van der Waals surface area contributed by atoms with Crippen molar-refractivity contribution in [1.29, 1.82) is 0 Å². The van der Waals surface area contributed by atoms with Gasteiger partial charge in [-0.05, 0) is 31.9 Å². The van der Waals surface area contributed by atoms with E-state index in [1.54, 1.807) is 4.90 Å². The zero-order valence-corrected chi connectivity index (χ0v) is 14.5. The Kier molecular flexibility index (Phi) is 5.49. The molecule has 1 aliphatic rings. The molecule has 0 spiro atoms. The van der Waals surface area contributed by atoms with Crippen molar-refractivity contribution >= 4 is 11.7 Å². The highest BCUT2D eigenvalue weighted by Gasteiger charge is 2.29. The number of piperidine rings is 1. The van der Waals surface area contributed by atoms with E-state index in [2.05, 4.69) is 0 Å². The lowest BCUT2D eigenvalue weighted by Gasteiger charge is -2.32. The molecule has 1 heterocycles. The SMILES string of the molecule is Cc1ccc(C(=O)C2CCCN(C(=O)COc3ccccc3)C2)cc1. The summed E-state index contributed by atoms with van der Waals surface area (Å²) in [6.45, 7) is 3.18. The normalized spacial score (nSPS) is 17.2. The summed E-state index contributed by atoms with van der Waals surface area (Å²) in [5.74, 6) is 0.615. The quantitative estimate of drug-likeness (QED) is 0.785.